The van der Waals surface area contributed by atoms with Crippen molar-refractivity contribution in [3.8, 4) is 0 Å². The lowest BCUT2D eigenvalue weighted by atomic mass is 9.86. The molecule has 3 rings (SSSR count). The van der Waals surface area contributed by atoms with E-state index in [9.17, 15) is 0 Å². The molecule has 18 heavy (non-hydrogen) atoms. The summed E-state index contributed by atoms with van der Waals surface area (Å²) in [5.41, 5.74) is 5.99. The number of hydrogen-bond acceptors (Lipinski definition) is 5. The molecule has 1 saturated carbocycles. The minimum Gasteiger partial charge on any atom is -0.381 e. The van der Waals surface area contributed by atoms with Gasteiger partial charge in [-0.2, -0.15) is 4.98 Å². The van der Waals surface area contributed by atoms with Gasteiger partial charge < -0.3 is 15.0 Å². The van der Waals surface area contributed by atoms with Crippen molar-refractivity contribution in [1.82, 2.24) is 10.1 Å². The molecule has 0 bridgehead atoms. The fraction of sp³-hybridized carbons (Fsp3) is 0.846. The topological polar surface area (TPSA) is 74.2 Å². The molecule has 1 saturated heterocycles. The highest BCUT2D eigenvalue weighted by molar-refractivity contribution is 4.98. The minimum absolute atomic E-state index is 0.294. The predicted molar refractivity (Wildman–Crippen MR) is 66.1 cm³/mol. The first kappa shape index (κ1) is 12.1. The molecule has 2 aliphatic rings. The molecule has 1 aliphatic heterocycles. The Bertz CT molecular complexity index is 387. The van der Waals surface area contributed by atoms with Crippen molar-refractivity contribution >= 4 is 0 Å². The molecular weight excluding hydrogens is 230 g/mol. The van der Waals surface area contributed by atoms with E-state index in [0.29, 0.717) is 17.9 Å². The Hall–Kier alpha value is -0.940. The average molecular weight is 251 g/mol. The van der Waals surface area contributed by atoms with Crippen LogP contribution in [-0.4, -0.2) is 29.4 Å². The summed E-state index contributed by atoms with van der Waals surface area (Å²) in [5.74, 6) is 2.55. The van der Waals surface area contributed by atoms with E-state index in [1.165, 1.54) is 6.42 Å². The Kier molecular flexibility index (Phi) is 3.61. The van der Waals surface area contributed by atoms with Gasteiger partial charge in [-0.25, -0.2) is 0 Å². The highest BCUT2D eigenvalue weighted by atomic mass is 16.5. The molecule has 3 atom stereocenters. The van der Waals surface area contributed by atoms with Gasteiger partial charge in [0.1, 0.15) is 0 Å². The van der Waals surface area contributed by atoms with E-state index < -0.39 is 0 Å². The van der Waals surface area contributed by atoms with Crippen LogP contribution in [0.2, 0.25) is 0 Å². The van der Waals surface area contributed by atoms with Crippen molar-refractivity contribution in [3.63, 3.8) is 0 Å². The first-order chi connectivity index (χ1) is 8.81. The molecule has 100 valence electrons. The third kappa shape index (κ3) is 2.72. The van der Waals surface area contributed by atoms with Crippen LogP contribution >= 0.6 is 0 Å². The number of nitrogens with zero attached hydrogens (tertiary/aromatic N) is 2. The molecule has 1 aromatic rings. The monoisotopic (exact) mass is 251 g/mol. The maximum absolute atomic E-state index is 5.99. The van der Waals surface area contributed by atoms with E-state index in [1.807, 2.05) is 0 Å². The van der Waals surface area contributed by atoms with E-state index in [-0.39, 0.29) is 0 Å². The summed E-state index contributed by atoms with van der Waals surface area (Å²) in [6, 6.07) is 0.294. The van der Waals surface area contributed by atoms with Crippen LogP contribution in [0.5, 0.6) is 0 Å². The lowest BCUT2D eigenvalue weighted by Gasteiger charge is -2.23. The van der Waals surface area contributed by atoms with Gasteiger partial charge in [0.25, 0.3) is 0 Å². The average Bonchev–Trinajstić information content (AvgIpc) is 3.01. The van der Waals surface area contributed by atoms with E-state index >= 15 is 0 Å². The van der Waals surface area contributed by atoms with Gasteiger partial charge in [-0.3, -0.25) is 0 Å². The van der Waals surface area contributed by atoms with E-state index in [0.717, 1.165) is 57.0 Å². The number of aromatic nitrogens is 2. The standard InChI is InChI=1S/C13H21N3O2/c14-11-3-1-2-10(7-11)13-15-12(16-18-13)6-9-4-5-17-8-9/h9-11H,1-8,14H2. The van der Waals surface area contributed by atoms with Crippen molar-refractivity contribution in [2.75, 3.05) is 13.2 Å². The molecule has 2 heterocycles. The molecule has 5 nitrogen and oxygen atoms in total. The molecule has 0 aromatic carbocycles. The SMILES string of the molecule is NC1CCCC(c2nc(CC3CCOC3)no2)C1. The Morgan fingerprint density at radius 2 is 2.22 bits per heavy atom. The van der Waals surface area contributed by atoms with Gasteiger partial charge in [0.2, 0.25) is 5.89 Å². The lowest BCUT2D eigenvalue weighted by Crippen LogP contribution is -2.27. The molecule has 2 fully saturated rings. The van der Waals surface area contributed by atoms with Crippen LogP contribution in [0, 0.1) is 5.92 Å². The van der Waals surface area contributed by atoms with Gasteiger partial charge in [-0.05, 0) is 31.6 Å². The van der Waals surface area contributed by atoms with Crippen LogP contribution in [-0.2, 0) is 11.2 Å². The quantitative estimate of drug-likeness (QED) is 0.883. The van der Waals surface area contributed by atoms with E-state index in [1.54, 1.807) is 0 Å². The van der Waals surface area contributed by atoms with Gasteiger partial charge >= 0.3 is 0 Å². The zero-order chi connectivity index (χ0) is 12.4. The van der Waals surface area contributed by atoms with Crippen LogP contribution in [0.15, 0.2) is 4.52 Å². The molecule has 3 unspecified atom stereocenters. The zero-order valence-corrected chi connectivity index (χ0v) is 10.7. The Labute approximate surface area is 107 Å². The second kappa shape index (κ2) is 5.36. The summed E-state index contributed by atoms with van der Waals surface area (Å²) in [6.45, 7) is 1.70. The Morgan fingerprint density at radius 1 is 1.28 bits per heavy atom. The summed E-state index contributed by atoms with van der Waals surface area (Å²) in [4.78, 5) is 4.54. The van der Waals surface area contributed by atoms with Gasteiger partial charge in [0, 0.05) is 31.6 Å². The third-order valence-corrected chi connectivity index (χ3v) is 4.04. The van der Waals surface area contributed by atoms with Gasteiger partial charge in [-0.1, -0.05) is 11.6 Å². The summed E-state index contributed by atoms with van der Waals surface area (Å²) >= 11 is 0. The second-order valence-corrected chi connectivity index (χ2v) is 5.61. The first-order valence-corrected chi connectivity index (χ1v) is 6.97. The second-order valence-electron chi connectivity index (χ2n) is 5.61. The minimum atomic E-state index is 0.294. The van der Waals surface area contributed by atoms with Crippen LogP contribution in [0.25, 0.3) is 0 Å². The molecule has 5 heteroatoms. The van der Waals surface area contributed by atoms with Crippen molar-refractivity contribution in [3.05, 3.63) is 11.7 Å². The zero-order valence-electron chi connectivity index (χ0n) is 10.7. The molecular formula is C13H21N3O2. The fourth-order valence-electron chi connectivity index (χ4n) is 2.97. The molecule has 0 radical (unpaired) electrons. The summed E-state index contributed by atoms with van der Waals surface area (Å²) in [7, 11) is 0. The largest absolute Gasteiger partial charge is 0.381 e. The van der Waals surface area contributed by atoms with Crippen LogP contribution in [0.1, 0.15) is 49.7 Å². The summed E-state index contributed by atoms with van der Waals surface area (Å²) in [5, 5.41) is 4.10. The lowest BCUT2D eigenvalue weighted by molar-refractivity contribution is 0.185. The highest BCUT2D eigenvalue weighted by Gasteiger charge is 2.26. The Balaban J connectivity index is 1.61. The van der Waals surface area contributed by atoms with Gasteiger partial charge in [0.05, 0.1) is 0 Å². The number of nitrogens with two attached hydrogens (primary N) is 1. The third-order valence-electron chi connectivity index (χ3n) is 4.04. The van der Waals surface area contributed by atoms with Crippen molar-refractivity contribution in [2.45, 2.75) is 50.5 Å². The van der Waals surface area contributed by atoms with Crippen molar-refractivity contribution in [1.29, 1.82) is 0 Å². The van der Waals surface area contributed by atoms with Crippen molar-refractivity contribution < 1.29 is 9.26 Å². The Morgan fingerprint density at radius 3 is 3.00 bits per heavy atom. The summed E-state index contributed by atoms with van der Waals surface area (Å²) in [6.07, 6.45) is 6.38. The maximum atomic E-state index is 5.99. The number of rotatable bonds is 3. The van der Waals surface area contributed by atoms with Crippen molar-refractivity contribution in [2.24, 2.45) is 11.7 Å². The summed E-state index contributed by atoms with van der Waals surface area (Å²) < 4.78 is 10.8. The van der Waals surface area contributed by atoms with Crippen LogP contribution in [0.3, 0.4) is 0 Å². The molecule has 1 aromatic heterocycles. The van der Waals surface area contributed by atoms with Gasteiger partial charge in [-0.15, -0.1) is 0 Å². The molecule has 0 amide bonds. The van der Waals surface area contributed by atoms with E-state index in [4.69, 9.17) is 15.0 Å². The highest BCUT2D eigenvalue weighted by Crippen LogP contribution is 2.31. The van der Waals surface area contributed by atoms with Crippen LogP contribution < -0.4 is 5.73 Å². The van der Waals surface area contributed by atoms with E-state index in [2.05, 4.69) is 10.1 Å². The molecule has 0 spiro atoms. The smallest absolute Gasteiger partial charge is 0.229 e. The first-order valence-electron chi connectivity index (χ1n) is 6.97. The number of ether oxygens (including phenoxy) is 1. The number of hydrogen-bond donors (Lipinski definition) is 1. The van der Waals surface area contributed by atoms with Gasteiger partial charge in [0.15, 0.2) is 5.82 Å². The molecule has 1 aliphatic carbocycles. The predicted octanol–water partition coefficient (Wildman–Crippen LogP) is 1.63. The maximum Gasteiger partial charge on any atom is 0.229 e. The normalized spacial score (nSPS) is 32.8. The van der Waals surface area contributed by atoms with Crippen LogP contribution in [0.4, 0.5) is 0 Å². The fourth-order valence-corrected chi connectivity index (χ4v) is 2.97. The molecule has 2 N–H and O–H groups in total.